The smallest absolute Gasteiger partial charge is 0.273 e. The van der Waals surface area contributed by atoms with Crippen molar-refractivity contribution in [2.45, 2.75) is 0 Å². The van der Waals surface area contributed by atoms with E-state index in [0.29, 0.717) is 22.6 Å². The van der Waals surface area contributed by atoms with Crippen LogP contribution in [0.15, 0.2) is 23.0 Å². The molecule has 1 aromatic heterocycles. The summed E-state index contributed by atoms with van der Waals surface area (Å²) in [6.45, 7) is 0. The van der Waals surface area contributed by atoms with Crippen molar-refractivity contribution in [2.75, 3.05) is 20.0 Å². The number of nitrogens with one attached hydrogen (secondary N) is 2. The third kappa shape index (κ3) is 1.96. The lowest BCUT2D eigenvalue weighted by Crippen LogP contribution is -2.02. The Morgan fingerprint density at radius 2 is 1.65 bits per heavy atom. The first-order valence-corrected chi connectivity index (χ1v) is 4.95. The van der Waals surface area contributed by atoms with E-state index in [2.05, 4.69) is 10.2 Å². The van der Waals surface area contributed by atoms with Gasteiger partial charge in [0.25, 0.3) is 5.56 Å². The van der Waals surface area contributed by atoms with Crippen molar-refractivity contribution in [1.29, 1.82) is 0 Å². The molecule has 0 aliphatic rings. The minimum Gasteiger partial charge on any atom is -0.497 e. The number of hydrogen-bond acceptors (Lipinski definition) is 4. The van der Waals surface area contributed by atoms with Crippen LogP contribution in [-0.4, -0.2) is 24.4 Å². The van der Waals surface area contributed by atoms with Crippen LogP contribution in [0.25, 0.3) is 11.1 Å². The van der Waals surface area contributed by atoms with Crippen LogP contribution in [0.1, 0.15) is 0 Å². The molecule has 0 saturated carbocycles. The van der Waals surface area contributed by atoms with Gasteiger partial charge in [-0.3, -0.25) is 15.0 Å². The first-order valence-electron chi connectivity index (χ1n) is 4.95. The summed E-state index contributed by atoms with van der Waals surface area (Å²) >= 11 is 0. The zero-order valence-corrected chi connectivity index (χ0v) is 9.53. The number of nitrogen functional groups attached to an aromatic ring is 1. The third-order valence-electron chi connectivity index (χ3n) is 2.45. The van der Waals surface area contributed by atoms with E-state index >= 15 is 0 Å². The summed E-state index contributed by atoms with van der Waals surface area (Å²) < 4.78 is 10.3. The lowest BCUT2D eigenvalue weighted by Gasteiger charge is -2.07. The van der Waals surface area contributed by atoms with E-state index in [9.17, 15) is 4.79 Å². The molecule has 0 spiro atoms. The molecule has 17 heavy (non-hydrogen) atoms. The van der Waals surface area contributed by atoms with Gasteiger partial charge in [0.1, 0.15) is 17.3 Å². The topological polar surface area (TPSA) is 93.1 Å². The molecule has 0 fully saturated rings. The summed E-state index contributed by atoms with van der Waals surface area (Å²) in [5.74, 6) is 1.48. The number of rotatable bonds is 3. The number of aromatic amines is 2. The van der Waals surface area contributed by atoms with Gasteiger partial charge in [0, 0.05) is 6.07 Å². The lowest BCUT2D eigenvalue weighted by molar-refractivity contribution is 0.394. The molecule has 0 bridgehead atoms. The van der Waals surface area contributed by atoms with E-state index in [1.807, 2.05) is 0 Å². The summed E-state index contributed by atoms with van der Waals surface area (Å²) in [5, 5.41) is 4.99. The normalized spacial score (nSPS) is 10.2. The standard InChI is InChI=1S/C11H13N3O3/c1-16-7-3-6(4-8(5-7)17-2)9-10(12)13-14-11(9)15/h3-5H,1-2H3,(H4,12,13,14,15). The van der Waals surface area contributed by atoms with Crippen LogP contribution in [0.4, 0.5) is 5.82 Å². The molecule has 0 radical (unpaired) electrons. The lowest BCUT2D eigenvalue weighted by atomic mass is 10.1. The molecule has 0 unspecified atom stereocenters. The molecule has 6 nitrogen and oxygen atoms in total. The van der Waals surface area contributed by atoms with Crippen molar-refractivity contribution in [3.63, 3.8) is 0 Å². The molecule has 0 amide bonds. The molecule has 90 valence electrons. The van der Waals surface area contributed by atoms with Gasteiger partial charge < -0.3 is 15.2 Å². The van der Waals surface area contributed by atoms with Crippen LogP contribution in [0.3, 0.4) is 0 Å². The van der Waals surface area contributed by atoms with Crippen molar-refractivity contribution in [3.8, 4) is 22.6 Å². The highest BCUT2D eigenvalue weighted by molar-refractivity contribution is 5.75. The molecule has 1 aromatic carbocycles. The number of aromatic nitrogens is 2. The molecule has 0 saturated heterocycles. The van der Waals surface area contributed by atoms with Crippen LogP contribution in [-0.2, 0) is 0 Å². The second-order valence-corrected chi connectivity index (χ2v) is 3.47. The van der Waals surface area contributed by atoms with Gasteiger partial charge in [-0.2, -0.15) is 0 Å². The number of ether oxygens (including phenoxy) is 2. The van der Waals surface area contributed by atoms with Crippen LogP contribution >= 0.6 is 0 Å². The molecule has 4 N–H and O–H groups in total. The Morgan fingerprint density at radius 3 is 2.06 bits per heavy atom. The van der Waals surface area contributed by atoms with Crippen molar-refractivity contribution in [2.24, 2.45) is 0 Å². The fourth-order valence-corrected chi connectivity index (χ4v) is 1.61. The van der Waals surface area contributed by atoms with Crippen LogP contribution in [0.5, 0.6) is 11.5 Å². The number of methoxy groups -OCH3 is 2. The van der Waals surface area contributed by atoms with E-state index in [4.69, 9.17) is 15.2 Å². The Kier molecular flexibility index (Phi) is 2.78. The quantitative estimate of drug-likeness (QED) is 0.739. The third-order valence-corrected chi connectivity index (χ3v) is 2.45. The van der Waals surface area contributed by atoms with E-state index < -0.39 is 0 Å². The zero-order chi connectivity index (χ0) is 12.4. The van der Waals surface area contributed by atoms with E-state index in [1.165, 1.54) is 0 Å². The molecular weight excluding hydrogens is 222 g/mol. The minimum atomic E-state index is -0.280. The molecular formula is C11H13N3O3. The molecule has 0 atom stereocenters. The average molecular weight is 235 g/mol. The second kappa shape index (κ2) is 4.25. The first-order chi connectivity index (χ1) is 8.15. The fourth-order valence-electron chi connectivity index (χ4n) is 1.61. The Hall–Kier alpha value is -2.37. The average Bonchev–Trinajstić information content (AvgIpc) is 2.68. The molecule has 2 aromatic rings. The van der Waals surface area contributed by atoms with Crippen LogP contribution in [0.2, 0.25) is 0 Å². The summed E-state index contributed by atoms with van der Waals surface area (Å²) in [6.07, 6.45) is 0. The SMILES string of the molecule is COc1cc(OC)cc(-c2c(N)[nH][nH]c2=O)c1. The predicted molar refractivity (Wildman–Crippen MR) is 64.4 cm³/mol. The fraction of sp³-hybridized carbons (Fsp3) is 0.182. The number of nitrogens with two attached hydrogens (primary N) is 1. The highest BCUT2D eigenvalue weighted by Gasteiger charge is 2.12. The Morgan fingerprint density at radius 1 is 1.06 bits per heavy atom. The number of hydrogen-bond donors (Lipinski definition) is 3. The second-order valence-electron chi connectivity index (χ2n) is 3.47. The highest BCUT2D eigenvalue weighted by Crippen LogP contribution is 2.29. The van der Waals surface area contributed by atoms with Crippen molar-refractivity contribution in [3.05, 3.63) is 28.6 Å². The molecule has 0 aliphatic carbocycles. The van der Waals surface area contributed by atoms with Gasteiger partial charge >= 0.3 is 0 Å². The summed E-state index contributed by atoms with van der Waals surface area (Å²) in [5.41, 5.74) is 6.43. The monoisotopic (exact) mass is 235 g/mol. The van der Waals surface area contributed by atoms with Gasteiger partial charge in [0.05, 0.1) is 19.8 Å². The molecule has 6 heteroatoms. The maximum absolute atomic E-state index is 11.6. The number of anilines is 1. The summed E-state index contributed by atoms with van der Waals surface area (Å²) in [7, 11) is 3.09. The van der Waals surface area contributed by atoms with Gasteiger partial charge in [-0.05, 0) is 17.7 Å². The zero-order valence-electron chi connectivity index (χ0n) is 9.53. The van der Waals surface area contributed by atoms with Crippen molar-refractivity contribution in [1.82, 2.24) is 10.2 Å². The number of H-pyrrole nitrogens is 2. The Balaban J connectivity index is 2.63. The van der Waals surface area contributed by atoms with Gasteiger partial charge in [0.2, 0.25) is 0 Å². The summed E-state index contributed by atoms with van der Waals surface area (Å²) in [4.78, 5) is 11.6. The molecule has 2 rings (SSSR count). The van der Waals surface area contributed by atoms with Gasteiger partial charge in [-0.25, -0.2) is 0 Å². The van der Waals surface area contributed by atoms with Crippen molar-refractivity contribution >= 4 is 5.82 Å². The minimum absolute atomic E-state index is 0.280. The van der Waals surface area contributed by atoms with Gasteiger partial charge in [0.15, 0.2) is 0 Å². The summed E-state index contributed by atoms with van der Waals surface area (Å²) in [6, 6.07) is 5.16. The van der Waals surface area contributed by atoms with Crippen molar-refractivity contribution < 1.29 is 9.47 Å². The van der Waals surface area contributed by atoms with Crippen LogP contribution in [0, 0.1) is 0 Å². The van der Waals surface area contributed by atoms with E-state index in [1.54, 1.807) is 32.4 Å². The van der Waals surface area contributed by atoms with Crippen LogP contribution < -0.4 is 20.8 Å². The molecule has 1 heterocycles. The van der Waals surface area contributed by atoms with E-state index in [0.717, 1.165) is 0 Å². The number of benzene rings is 1. The van der Waals surface area contributed by atoms with E-state index in [-0.39, 0.29) is 11.4 Å². The van der Waals surface area contributed by atoms with Gasteiger partial charge in [-0.15, -0.1) is 0 Å². The Bertz CT molecular complexity index is 564. The molecule has 0 aliphatic heterocycles. The maximum Gasteiger partial charge on any atom is 0.273 e. The first kappa shape index (κ1) is 11.1. The highest BCUT2D eigenvalue weighted by atomic mass is 16.5. The Labute approximate surface area is 97.3 Å². The largest absolute Gasteiger partial charge is 0.497 e. The van der Waals surface area contributed by atoms with Gasteiger partial charge in [-0.1, -0.05) is 0 Å². The maximum atomic E-state index is 11.6. The predicted octanol–water partition coefficient (Wildman–Crippen LogP) is 0.969.